The molecule has 1 aliphatic carbocycles. The number of halogens is 1. The van der Waals surface area contributed by atoms with E-state index in [1.54, 1.807) is 18.2 Å². The first-order valence-corrected chi connectivity index (χ1v) is 9.57. The van der Waals surface area contributed by atoms with Crippen LogP contribution in [0.25, 0.3) is 0 Å². The van der Waals surface area contributed by atoms with E-state index in [1.165, 1.54) is 31.3 Å². The summed E-state index contributed by atoms with van der Waals surface area (Å²) in [6.07, 6.45) is 5.92. The second-order valence-corrected chi connectivity index (χ2v) is 7.17. The van der Waals surface area contributed by atoms with Crippen molar-refractivity contribution >= 4 is 17.4 Å². The quantitative estimate of drug-likeness (QED) is 0.898. The summed E-state index contributed by atoms with van der Waals surface area (Å²) < 4.78 is 13.1. The highest BCUT2D eigenvalue weighted by molar-refractivity contribution is 5.93. The number of benzene rings is 1. The number of hydrogen-bond donors (Lipinski definition) is 1. The van der Waals surface area contributed by atoms with Crippen LogP contribution in [0.4, 0.5) is 15.9 Å². The van der Waals surface area contributed by atoms with Crippen LogP contribution in [-0.4, -0.2) is 48.1 Å². The highest BCUT2D eigenvalue weighted by Crippen LogP contribution is 2.21. The van der Waals surface area contributed by atoms with E-state index in [-0.39, 0.29) is 17.8 Å². The van der Waals surface area contributed by atoms with Gasteiger partial charge in [-0.05, 0) is 37.1 Å². The number of carbonyl (C=O) groups excluding carboxylic acids is 1. The molecule has 2 aromatic rings. The Balaban J connectivity index is 1.38. The summed E-state index contributed by atoms with van der Waals surface area (Å²) >= 11 is 0. The number of anilines is 2. The third-order valence-electron chi connectivity index (χ3n) is 5.37. The zero-order valence-corrected chi connectivity index (χ0v) is 15.3. The third-order valence-corrected chi connectivity index (χ3v) is 5.37. The van der Waals surface area contributed by atoms with Crippen LogP contribution in [0.15, 0.2) is 36.7 Å². The molecule has 1 amide bonds. The van der Waals surface area contributed by atoms with Gasteiger partial charge in [0.15, 0.2) is 0 Å². The second-order valence-electron chi connectivity index (χ2n) is 7.17. The number of rotatable bonds is 4. The van der Waals surface area contributed by atoms with Crippen molar-refractivity contribution in [2.75, 3.05) is 36.0 Å². The molecule has 7 heteroatoms. The lowest BCUT2D eigenvalue weighted by Crippen LogP contribution is -2.47. The van der Waals surface area contributed by atoms with Gasteiger partial charge in [0.25, 0.3) is 5.91 Å². The molecule has 0 bridgehead atoms. The molecule has 4 rings (SSSR count). The van der Waals surface area contributed by atoms with Crippen LogP contribution < -0.4 is 15.1 Å². The maximum atomic E-state index is 13.1. The zero-order valence-electron chi connectivity index (χ0n) is 15.3. The molecule has 27 heavy (non-hydrogen) atoms. The predicted octanol–water partition coefficient (Wildman–Crippen LogP) is 2.61. The van der Waals surface area contributed by atoms with Crippen LogP contribution in [0.1, 0.15) is 36.2 Å². The molecule has 1 aliphatic heterocycles. The summed E-state index contributed by atoms with van der Waals surface area (Å²) in [6.45, 7) is 3.22. The summed E-state index contributed by atoms with van der Waals surface area (Å²) in [7, 11) is 0. The molecule has 6 nitrogen and oxygen atoms in total. The number of aromatic nitrogens is 2. The van der Waals surface area contributed by atoms with Crippen molar-refractivity contribution in [3.05, 3.63) is 48.2 Å². The molecule has 2 fully saturated rings. The predicted molar refractivity (Wildman–Crippen MR) is 103 cm³/mol. The van der Waals surface area contributed by atoms with E-state index in [1.807, 2.05) is 0 Å². The Morgan fingerprint density at radius 2 is 1.67 bits per heavy atom. The molecule has 0 spiro atoms. The SMILES string of the molecule is O=C(NC1CCCC1)c1cc(N2CCN(c3ccc(F)cc3)CC2)ncn1. The van der Waals surface area contributed by atoms with Gasteiger partial charge < -0.3 is 15.1 Å². The number of nitrogens with one attached hydrogen (secondary N) is 1. The smallest absolute Gasteiger partial charge is 0.270 e. The fourth-order valence-corrected chi connectivity index (χ4v) is 3.82. The van der Waals surface area contributed by atoms with Crippen LogP contribution in [0.5, 0.6) is 0 Å². The Morgan fingerprint density at radius 3 is 2.37 bits per heavy atom. The van der Waals surface area contributed by atoms with Crippen molar-refractivity contribution in [2.24, 2.45) is 0 Å². The monoisotopic (exact) mass is 369 g/mol. The van der Waals surface area contributed by atoms with Crippen molar-refractivity contribution < 1.29 is 9.18 Å². The maximum Gasteiger partial charge on any atom is 0.270 e. The summed E-state index contributed by atoms with van der Waals surface area (Å²) in [5, 5.41) is 3.07. The van der Waals surface area contributed by atoms with Gasteiger partial charge in [0.05, 0.1) is 0 Å². The van der Waals surface area contributed by atoms with Crippen molar-refractivity contribution in [3.63, 3.8) is 0 Å². The molecule has 0 radical (unpaired) electrons. The molecular weight excluding hydrogens is 345 g/mol. The summed E-state index contributed by atoms with van der Waals surface area (Å²) in [6, 6.07) is 8.64. The minimum atomic E-state index is -0.221. The van der Waals surface area contributed by atoms with Crippen molar-refractivity contribution in [1.82, 2.24) is 15.3 Å². The molecule has 2 aliphatic rings. The van der Waals surface area contributed by atoms with Gasteiger partial charge in [-0.25, -0.2) is 14.4 Å². The normalized spacial score (nSPS) is 18.0. The van der Waals surface area contributed by atoms with E-state index in [0.29, 0.717) is 5.69 Å². The first-order chi connectivity index (χ1) is 13.2. The van der Waals surface area contributed by atoms with Crippen LogP contribution in [0.3, 0.4) is 0 Å². The molecule has 2 heterocycles. The minimum Gasteiger partial charge on any atom is -0.368 e. The third kappa shape index (κ3) is 4.18. The fraction of sp³-hybridized carbons (Fsp3) is 0.450. The molecule has 1 aromatic carbocycles. The molecular formula is C20H24FN5O. The van der Waals surface area contributed by atoms with Crippen LogP contribution in [0, 0.1) is 5.82 Å². The van der Waals surface area contributed by atoms with Gasteiger partial charge in [0.2, 0.25) is 0 Å². The first-order valence-electron chi connectivity index (χ1n) is 9.57. The molecule has 1 saturated carbocycles. The lowest BCUT2D eigenvalue weighted by atomic mass is 10.2. The van der Waals surface area contributed by atoms with E-state index in [9.17, 15) is 9.18 Å². The summed E-state index contributed by atoms with van der Waals surface area (Å²) in [5.41, 5.74) is 1.45. The standard InChI is InChI=1S/C20H24FN5O/c21-15-5-7-17(8-6-15)25-9-11-26(12-10-25)19-13-18(22-14-23-19)20(27)24-16-3-1-2-4-16/h5-8,13-14,16H,1-4,9-12H2,(H,24,27). The first kappa shape index (κ1) is 17.7. The molecule has 1 aromatic heterocycles. The van der Waals surface area contributed by atoms with Crippen molar-refractivity contribution in [3.8, 4) is 0 Å². The number of piperazine rings is 1. The van der Waals surface area contributed by atoms with E-state index in [0.717, 1.165) is 50.5 Å². The van der Waals surface area contributed by atoms with Crippen LogP contribution in [-0.2, 0) is 0 Å². The number of hydrogen-bond acceptors (Lipinski definition) is 5. The average molecular weight is 369 g/mol. The Morgan fingerprint density at radius 1 is 1.00 bits per heavy atom. The fourth-order valence-electron chi connectivity index (χ4n) is 3.82. The Bertz CT molecular complexity index is 783. The highest BCUT2D eigenvalue weighted by Gasteiger charge is 2.22. The lowest BCUT2D eigenvalue weighted by molar-refractivity contribution is 0.0932. The highest BCUT2D eigenvalue weighted by atomic mass is 19.1. The summed E-state index contributed by atoms with van der Waals surface area (Å²) in [5.74, 6) is 0.442. The molecule has 0 unspecified atom stereocenters. The number of nitrogens with zero attached hydrogens (tertiary/aromatic N) is 4. The Labute approximate surface area is 158 Å². The second kappa shape index (κ2) is 7.90. The van der Waals surface area contributed by atoms with Gasteiger partial charge in [-0.2, -0.15) is 0 Å². The van der Waals surface area contributed by atoms with Crippen LogP contribution >= 0.6 is 0 Å². The Kier molecular flexibility index (Phi) is 5.18. The van der Waals surface area contributed by atoms with E-state index in [4.69, 9.17) is 0 Å². The summed E-state index contributed by atoms with van der Waals surface area (Å²) in [4.78, 5) is 25.3. The molecule has 1 saturated heterocycles. The van der Waals surface area contributed by atoms with Gasteiger partial charge in [0, 0.05) is 44.0 Å². The molecule has 142 valence electrons. The van der Waals surface area contributed by atoms with Gasteiger partial charge in [-0.15, -0.1) is 0 Å². The maximum absolute atomic E-state index is 13.1. The largest absolute Gasteiger partial charge is 0.368 e. The number of carbonyl (C=O) groups is 1. The van der Waals surface area contributed by atoms with Gasteiger partial charge >= 0.3 is 0 Å². The lowest BCUT2D eigenvalue weighted by Gasteiger charge is -2.36. The van der Waals surface area contributed by atoms with Gasteiger partial charge in [0.1, 0.15) is 23.7 Å². The Hall–Kier alpha value is -2.70. The van der Waals surface area contributed by atoms with Gasteiger partial charge in [-0.1, -0.05) is 12.8 Å². The van der Waals surface area contributed by atoms with Crippen molar-refractivity contribution in [2.45, 2.75) is 31.7 Å². The molecule has 0 atom stereocenters. The van der Waals surface area contributed by atoms with E-state index >= 15 is 0 Å². The number of amides is 1. The van der Waals surface area contributed by atoms with E-state index in [2.05, 4.69) is 25.1 Å². The average Bonchev–Trinajstić information content (AvgIpc) is 3.22. The minimum absolute atomic E-state index is 0.115. The molecule has 1 N–H and O–H groups in total. The zero-order chi connectivity index (χ0) is 18.6. The van der Waals surface area contributed by atoms with Crippen LogP contribution in [0.2, 0.25) is 0 Å². The van der Waals surface area contributed by atoms with Gasteiger partial charge in [-0.3, -0.25) is 4.79 Å². The topological polar surface area (TPSA) is 61.4 Å². The van der Waals surface area contributed by atoms with Crippen molar-refractivity contribution in [1.29, 1.82) is 0 Å². The van der Waals surface area contributed by atoms with E-state index < -0.39 is 0 Å².